The van der Waals surface area contributed by atoms with Gasteiger partial charge >= 0.3 is 0 Å². The van der Waals surface area contributed by atoms with E-state index in [9.17, 15) is 14.4 Å². The number of rotatable bonds is 11. The van der Waals surface area contributed by atoms with Crippen molar-refractivity contribution in [3.63, 3.8) is 0 Å². The smallest absolute Gasteiger partial charge is 0.242 e. The largest absolute Gasteiger partial charge is 0.395 e. The molecule has 2 atom stereocenters. The second kappa shape index (κ2) is 12.6. The van der Waals surface area contributed by atoms with E-state index in [-0.39, 0.29) is 37.3 Å². The molecule has 0 aromatic heterocycles. The van der Waals surface area contributed by atoms with Crippen LogP contribution in [0.15, 0.2) is 0 Å². The van der Waals surface area contributed by atoms with Gasteiger partial charge in [0.1, 0.15) is 6.04 Å². The number of aliphatic hydroxyl groups is 1. The molecule has 128 valence electrons. The Morgan fingerprint density at radius 3 is 2.32 bits per heavy atom. The zero-order valence-electron chi connectivity index (χ0n) is 12.5. The number of thiol groups is 2. The molecule has 0 fully saturated rings. The minimum absolute atomic E-state index is 0.127. The molecular formula is C12H24N4O4S2. The summed E-state index contributed by atoms with van der Waals surface area (Å²) in [6, 6.07) is -1.32. The molecule has 0 heterocycles. The molecule has 22 heavy (non-hydrogen) atoms. The van der Waals surface area contributed by atoms with Crippen LogP contribution in [0.2, 0.25) is 0 Å². The van der Waals surface area contributed by atoms with Crippen LogP contribution in [0, 0.1) is 0 Å². The number of carbonyl (C=O) groups is 3. The van der Waals surface area contributed by atoms with E-state index in [0.717, 1.165) is 0 Å². The summed E-state index contributed by atoms with van der Waals surface area (Å²) >= 11 is 8.08. The molecule has 0 saturated heterocycles. The molecule has 0 aromatic carbocycles. The minimum atomic E-state index is -0.663. The van der Waals surface area contributed by atoms with E-state index in [1.165, 1.54) is 7.05 Å². The van der Waals surface area contributed by atoms with Gasteiger partial charge in [-0.2, -0.15) is 25.3 Å². The number of likely N-dealkylation sites (N-methyl/N-ethyl adjacent to an activating group) is 1. The Balaban J connectivity index is 4.33. The van der Waals surface area contributed by atoms with Crippen molar-refractivity contribution in [2.45, 2.75) is 18.5 Å². The van der Waals surface area contributed by atoms with Gasteiger partial charge in [0.25, 0.3) is 0 Å². The molecule has 0 aromatic rings. The van der Waals surface area contributed by atoms with E-state index in [0.29, 0.717) is 12.2 Å². The van der Waals surface area contributed by atoms with E-state index in [4.69, 9.17) is 5.11 Å². The van der Waals surface area contributed by atoms with Crippen molar-refractivity contribution in [3.8, 4) is 0 Å². The zero-order chi connectivity index (χ0) is 17.0. The van der Waals surface area contributed by atoms with Gasteiger partial charge in [-0.15, -0.1) is 0 Å². The van der Waals surface area contributed by atoms with Crippen LogP contribution in [0.25, 0.3) is 0 Å². The first kappa shape index (κ1) is 21.0. The highest BCUT2D eigenvalue weighted by atomic mass is 32.1. The third-order valence-corrected chi connectivity index (χ3v) is 3.36. The van der Waals surface area contributed by atoms with Crippen LogP contribution in [0.3, 0.4) is 0 Å². The van der Waals surface area contributed by atoms with Crippen LogP contribution in [0.5, 0.6) is 0 Å². The fourth-order valence-electron chi connectivity index (χ4n) is 1.58. The number of hydrogen-bond donors (Lipinski definition) is 7. The SMILES string of the molecule is CNC(=O)C(CCS)NC(=O)CNC(CS)C(=O)NCCO. The maximum Gasteiger partial charge on any atom is 0.242 e. The van der Waals surface area contributed by atoms with E-state index in [2.05, 4.69) is 46.5 Å². The van der Waals surface area contributed by atoms with Crippen molar-refractivity contribution < 1.29 is 19.5 Å². The topological polar surface area (TPSA) is 120 Å². The van der Waals surface area contributed by atoms with Gasteiger partial charge in [-0.05, 0) is 12.2 Å². The molecule has 0 aliphatic carbocycles. The molecule has 0 rings (SSSR count). The van der Waals surface area contributed by atoms with Crippen molar-refractivity contribution in [2.24, 2.45) is 0 Å². The van der Waals surface area contributed by atoms with Gasteiger partial charge in [-0.3, -0.25) is 19.7 Å². The van der Waals surface area contributed by atoms with Gasteiger partial charge in [0.2, 0.25) is 17.7 Å². The summed E-state index contributed by atoms with van der Waals surface area (Å²) in [5.41, 5.74) is 0. The monoisotopic (exact) mass is 352 g/mol. The van der Waals surface area contributed by atoms with Crippen LogP contribution < -0.4 is 21.3 Å². The average molecular weight is 352 g/mol. The summed E-state index contributed by atoms with van der Waals surface area (Å²) < 4.78 is 0. The van der Waals surface area contributed by atoms with E-state index in [1.807, 2.05) is 0 Å². The molecule has 2 unspecified atom stereocenters. The van der Waals surface area contributed by atoms with Crippen molar-refractivity contribution in [1.82, 2.24) is 21.3 Å². The molecule has 8 nitrogen and oxygen atoms in total. The maximum atomic E-state index is 11.8. The third-order valence-electron chi connectivity index (χ3n) is 2.73. The number of nitrogens with one attached hydrogen (secondary N) is 4. The summed E-state index contributed by atoms with van der Waals surface area (Å²) in [5.74, 6) is -0.407. The van der Waals surface area contributed by atoms with Gasteiger partial charge in [0.05, 0.1) is 19.2 Å². The van der Waals surface area contributed by atoms with Crippen molar-refractivity contribution in [1.29, 1.82) is 0 Å². The first-order valence-electron chi connectivity index (χ1n) is 6.84. The summed E-state index contributed by atoms with van der Waals surface area (Å²) in [6.45, 7) is -0.154. The van der Waals surface area contributed by atoms with E-state index < -0.39 is 18.0 Å². The Bertz CT molecular complexity index is 371. The van der Waals surface area contributed by atoms with Crippen LogP contribution in [0.1, 0.15) is 6.42 Å². The second-order valence-corrected chi connectivity index (χ2v) is 5.19. The average Bonchev–Trinajstić information content (AvgIpc) is 2.52. The Morgan fingerprint density at radius 2 is 1.82 bits per heavy atom. The normalized spacial score (nSPS) is 13.1. The minimum Gasteiger partial charge on any atom is -0.395 e. The highest BCUT2D eigenvalue weighted by Gasteiger charge is 2.21. The van der Waals surface area contributed by atoms with Crippen molar-refractivity contribution in [3.05, 3.63) is 0 Å². The Kier molecular flexibility index (Phi) is 12.0. The van der Waals surface area contributed by atoms with Crippen LogP contribution >= 0.6 is 25.3 Å². The fraction of sp³-hybridized carbons (Fsp3) is 0.750. The standard InChI is InChI=1S/C12H24N4O4S2/c1-13-11(19)8(2-5-21)16-10(18)6-15-9(7-22)12(20)14-3-4-17/h8-9,15,17,21-22H,2-7H2,1H3,(H,13,19)(H,14,20)(H,16,18). The molecule has 10 heteroatoms. The summed E-state index contributed by atoms with van der Waals surface area (Å²) in [5, 5.41) is 18.9. The predicted octanol–water partition coefficient (Wildman–Crippen LogP) is -2.47. The highest BCUT2D eigenvalue weighted by Crippen LogP contribution is 1.95. The lowest BCUT2D eigenvalue weighted by Gasteiger charge is -2.19. The first-order valence-corrected chi connectivity index (χ1v) is 8.11. The Morgan fingerprint density at radius 1 is 1.14 bits per heavy atom. The van der Waals surface area contributed by atoms with Gasteiger partial charge in [-0.25, -0.2) is 0 Å². The fourth-order valence-corrected chi connectivity index (χ4v) is 2.13. The van der Waals surface area contributed by atoms with Gasteiger partial charge in [0, 0.05) is 19.3 Å². The van der Waals surface area contributed by atoms with Crippen molar-refractivity contribution in [2.75, 3.05) is 38.2 Å². The molecule has 0 aliphatic heterocycles. The summed E-state index contributed by atoms with van der Waals surface area (Å²) in [4.78, 5) is 35.1. The molecule has 0 aliphatic rings. The molecule has 0 spiro atoms. The molecule has 0 bridgehead atoms. The Labute approximate surface area is 141 Å². The highest BCUT2D eigenvalue weighted by molar-refractivity contribution is 7.80. The van der Waals surface area contributed by atoms with Gasteiger partial charge in [-0.1, -0.05) is 0 Å². The second-order valence-electron chi connectivity index (χ2n) is 4.38. The lowest BCUT2D eigenvalue weighted by atomic mass is 10.2. The zero-order valence-corrected chi connectivity index (χ0v) is 14.3. The van der Waals surface area contributed by atoms with Crippen LogP contribution in [-0.2, 0) is 14.4 Å². The molecule has 0 saturated carbocycles. The lowest BCUT2D eigenvalue weighted by Crippen LogP contribution is -2.52. The number of aliphatic hydroxyl groups excluding tert-OH is 1. The van der Waals surface area contributed by atoms with Gasteiger partial charge in [0.15, 0.2) is 0 Å². The number of amides is 3. The molecular weight excluding hydrogens is 328 g/mol. The first-order chi connectivity index (χ1) is 10.5. The summed E-state index contributed by atoms with van der Waals surface area (Å²) in [6.07, 6.45) is 0.404. The number of hydrogen-bond acceptors (Lipinski definition) is 7. The predicted molar refractivity (Wildman–Crippen MR) is 90.2 cm³/mol. The quantitative estimate of drug-likeness (QED) is 0.208. The lowest BCUT2D eigenvalue weighted by molar-refractivity contribution is -0.128. The van der Waals surface area contributed by atoms with Gasteiger partial charge < -0.3 is 21.1 Å². The maximum absolute atomic E-state index is 11.8. The van der Waals surface area contributed by atoms with E-state index in [1.54, 1.807) is 0 Å². The molecule has 3 amide bonds. The number of carbonyl (C=O) groups excluding carboxylic acids is 3. The van der Waals surface area contributed by atoms with Crippen LogP contribution in [-0.4, -0.2) is 73.2 Å². The molecule has 5 N–H and O–H groups in total. The van der Waals surface area contributed by atoms with Crippen molar-refractivity contribution >= 4 is 43.0 Å². The third kappa shape index (κ3) is 8.47. The van der Waals surface area contributed by atoms with Crippen LogP contribution in [0.4, 0.5) is 0 Å². The molecule has 0 radical (unpaired) electrons. The van der Waals surface area contributed by atoms with E-state index >= 15 is 0 Å². The Hall–Kier alpha value is -0.970. The summed E-state index contributed by atoms with van der Waals surface area (Å²) in [7, 11) is 1.49.